The van der Waals surface area contributed by atoms with E-state index in [1.54, 1.807) is 6.08 Å². The molecule has 0 heterocycles. The minimum absolute atomic E-state index is 0.0125. The van der Waals surface area contributed by atoms with Gasteiger partial charge >= 0.3 is 0 Å². The van der Waals surface area contributed by atoms with Gasteiger partial charge in [0, 0.05) is 6.42 Å². The first kappa shape index (κ1) is 67.2. The van der Waals surface area contributed by atoms with Crippen molar-refractivity contribution in [2.24, 2.45) is 0 Å². The summed E-state index contributed by atoms with van der Waals surface area (Å²) in [7, 11) is 1.23. The molecular weight excluding hydrogens is 876 g/mol. The van der Waals surface area contributed by atoms with E-state index in [4.69, 9.17) is 9.05 Å². The molecule has 404 valence electrons. The molecule has 9 heteroatoms. The highest BCUT2D eigenvalue weighted by atomic mass is 31.2. The van der Waals surface area contributed by atoms with Crippen molar-refractivity contribution in [3.05, 3.63) is 60.8 Å². The van der Waals surface area contributed by atoms with Gasteiger partial charge in [0.2, 0.25) is 5.91 Å². The number of amides is 1. The van der Waals surface area contributed by atoms with Gasteiger partial charge in [0.1, 0.15) is 13.2 Å². The topological polar surface area (TPSA) is 108 Å². The number of carbonyl (C=O) groups is 1. The first-order valence-electron chi connectivity index (χ1n) is 29.2. The molecule has 0 saturated carbocycles. The molecule has 0 aliphatic rings. The molecular formula is C60H113N2O6P. The molecule has 0 aromatic heterocycles. The van der Waals surface area contributed by atoms with Crippen LogP contribution in [-0.4, -0.2) is 68.5 Å². The SMILES string of the molecule is CCCCCC/C=C\C/C=C\CCCCCCCCCC(=O)NC(COP(=O)([O-])OCC[N+](C)(C)C)C(O)/C=C/CC/C=C/CC/C=C/CCCCCCCCCCCCCCCCCCCCC. The summed E-state index contributed by atoms with van der Waals surface area (Å²) >= 11 is 0. The van der Waals surface area contributed by atoms with Gasteiger partial charge in [-0.3, -0.25) is 9.36 Å². The number of phosphoric ester groups is 1. The van der Waals surface area contributed by atoms with Crippen LogP contribution in [0.25, 0.3) is 0 Å². The molecule has 0 radical (unpaired) electrons. The molecule has 0 aliphatic heterocycles. The number of nitrogens with zero attached hydrogens (tertiary/aromatic N) is 1. The molecule has 3 unspecified atom stereocenters. The second-order valence-corrected chi connectivity index (χ2v) is 22.4. The summed E-state index contributed by atoms with van der Waals surface area (Å²) in [5.41, 5.74) is 0. The minimum atomic E-state index is -4.61. The summed E-state index contributed by atoms with van der Waals surface area (Å²) in [4.78, 5) is 25.5. The van der Waals surface area contributed by atoms with E-state index in [0.29, 0.717) is 17.4 Å². The lowest BCUT2D eigenvalue weighted by atomic mass is 10.0. The number of aliphatic hydroxyl groups is 1. The summed E-state index contributed by atoms with van der Waals surface area (Å²) in [6.07, 6.45) is 68.8. The lowest BCUT2D eigenvalue weighted by Gasteiger charge is -2.29. The molecule has 0 aliphatic carbocycles. The number of hydrogen-bond donors (Lipinski definition) is 2. The van der Waals surface area contributed by atoms with Gasteiger partial charge in [-0.2, -0.15) is 0 Å². The third-order valence-electron chi connectivity index (χ3n) is 12.9. The van der Waals surface area contributed by atoms with Crippen LogP contribution in [0.1, 0.15) is 264 Å². The molecule has 0 aromatic rings. The zero-order valence-corrected chi connectivity index (χ0v) is 46.9. The van der Waals surface area contributed by atoms with Crippen LogP contribution in [-0.2, 0) is 18.4 Å². The zero-order chi connectivity index (χ0) is 50.6. The molecule has 0 saturated heterocycles. The van der Waals surface area contributed by atoms with Crippen LogP contribution in [0.4, 0.5) is 0 Å². The Balaban J connectivity index is 4.26. The van der Waals surface area contributed by atoms with Crippen LogP contribution in [0.5, 0.6) is 0 Å². The van der Waals surface area contributed by atoms with Gasteiger partial charge in [0.15, 0.2) is 0 Å². The van der Waals surface area contributed by atoms with Crippen molar-refractivity contribution in [2.75, 3.05) is 40.9 Å². The van der Waals surface area contributed by atoms with E-state index in [1.807, 2.05) is 27.2 Å². The Bertz CT molecular complexity index is 1310. The second-order valence-electron chi connectivity index (χ2n) is 21.0. The number of nitrogens with one attached hydrogen (secondary N) is 1. The average Bonchev–Trinajstić information content (AvgIpc) is 3.31. The van der Waals surface area contributed by atoms with Gasteiger partial charge < -0.3 is 28.8 Å². The fourth-order valence-corrected chi connectivity index (χ4v) is 9.06. The summed E-state index contributed by atoms with van der Waals surface area (Å²) in [5.74, 6) is -0.219. The first-order chi connectivity index (χ1) is 33.5. The predicted molar refractivity (Wildman–Crippen MR) is 297 cm³/mol. The Kier molecular flexibility index (Phi) is 49.8. The number of likely N-dealkylation sites (N-methyl/N-ethyl adjacent to an activating group) is 1. The van der Waals surface area contributed by atoms with Crippen molar-refractivity contribution >= 4 is 13.7 Å². The van der Waals surface area contributed by atoms with E-state index >= 15 is 0 Å². The Morgan fingerprint density at radius 1 is 0.507 bits per heavy atom. The summed E-state index contributed by atoms with van der Waals surface area (Å²) in [5, 5.41) is 13.9. The third kappa shape index (κ3) is 53.8. The van der Waals surface area contributed by atoms with Crippen molar-refractivity contribution in [1.82, 2.24) is 5.32 Å². The quantitative estimate of drug-likeness (QED) is 0.0272. The van der Waals surface area contributed by atoms with E-state index in [0.717, 1.165) is 64.2 Å². The molecule has 0 aromatic carbocycles. The molecule has 0 bridgehead atoms. The van der Waals surface area contributed by atoms with Gasteiger partial charge in [0.25, 0.3) is 7.82 Å². The van der Waals surface area contributed by atoms with Crippen LogP contribution in [0.3, 0.4) is 0 Å². The highest BCUT2D eigenvalue weighted by Crippen LogP contribution is 2.38. The summed E-state index contributed by atoms with van der Waals surface area (Å²) < 4.78 is 23.3. The van der Waals surface area contributed by atoms with E-state index in [1.165, 1.54) is 180 Å². The van der Waals surface area contributed by atoms with Gasteiger partial charge in [-0.15, -0.1) is 0 Å². The average molecular weight is 990 g/mol. The maximum Gasteiger partial charge on any atom is 0.268 e. The number of quaternary nitrogens is 1. The van der Waals surface area contributed by atoms with Crippen molar-refractivity contribution in [2.45, 2.75) is 276 Å². The van der Waals surface area contributed by atoms with Crippen molar-refractivity contribution < 1.29 is 32.9 Å². The smallest absolute Gasteiger partial charge is 0.268 e. The molecule has 0 fully saturated rings. The maximum absolute atomic E-state index is 12.9. The lowest BCUT2D eigenvalue weighted by Crippen LogP contribution is -2.45. The molecule has 3 atom stereocenters. The fraction of sp³-hybridized carbons (Fsp3) is 0.817. The van der Waals surface area contributed by atoms with Crippen LogP contribution < -0.4 is 10.2 Å². The molecule has 2 N–H and O–H groups in total. The minimum Gasteiger partial charge on any atom is -0.756 e. The molecule has 0 spiro atoms. The number of phosphoric acid groups is 1. The monoisotopic (exact) mass is 989 g/mol. The number of allylic oxidation sites excluding steroid dienone is 9. The number of carbonyl (C=O) groups excluding carboxylic acids is 1. The Morgan fingerprint density at radius 2 is 0.855 bits per heavy atom. The number of hydrogen-bond acceptors (Lipinski definition) is 6. The molecule has 8 nitrogen and oxygen atoms in total. The van der Waals surface area contributed by atoms with Crippen molar-refractivity contribution in [3.63, 3.8) is 0 Å². The van der Waals surface area contributed by atoms with Gasteiger partial charge in [-0.1, -0.05) is 242 Å². The van der Waals surface area contributed by atoms with Crippen LogP contribution in [0, 0.1) is 0 Å². The normalized spacial score (nSPS) is 14.4. The lowest BCUT2D eigenvalue weighted by molar-refractivity contribution is -0.870. The summed E-state index contributed by atoms with van der Waals surface area (Å²) in [6.45, 7) is 4.61. The second kappa shape index (κ2) is 51.1. The van der Waals surface area contributed by atoms with Crippen molar-refractivity contribution in [1.29, 1.82) is 0 Å². The van der Waals surface area contributed by atoms with E-state index in [2.05, 4.69) is 67.8 Å². The van der Waals surface area contributed by atoms with Crippen LogP contribution >= 0.6 is 7.82 Å². The Morgan fingerprint density at radius 3 is 1.28 bits per heavy atom. The molecule has 0 rings (SSSR count). The summed E-state index contributed by atoms with van der Waals surface area (Å²) in [6, 6.07) is -0.917. The highest BCUT2D eigenvalue weighted by molar-refractivity contribution is 7.45. The maximum atomic E-state index is 12.9. The standard InChI is InChI=1S/C60H113N2O6P/c1-6-8-10-12-14-16-18-20-22-24-26-27-28-29-30-31-32-33-34-35-36-37-39-41-43-45-47-49-51-53-59(63)58(57-68-69(65,66)67-56-55-62(3,4)5)61-60(64)54-52-50-48-46-44-42-40-38-25-23-21-19-17-15-13-11-9-7-2/h17,19,23,25,36-37,43,45,51,53,58-59,63H,6-16,18,20-22,24,26-35,38-42,44,46-50,52,54-57H2,1-5H3,(H-,61,64,65,66)/b19-17-,25-23-,37-36+,45-43+,53-51+. The van der Waals surface area contributed by atoms with Crippen LogP contribution in [0.2, 0.25) is 0 Å². The van der Waals surface area contributed by atoms with Crippen LogP contribution in [0.15, 0.2) is 60.8 Å². The van der Waals surface area contributed by atoms with Gasteiger partial charge in [-0.25, -0.2) is 0 Å². The van der Waals surface area contributed by atoms with Gasteiger partial charge in [0.05, 0.1) is 39.9 Å². The fourth-order valence-electron chi connectivity index (χ4n) is 8.33. The highest BCUT2D eigenvalue weighted by Gasteiger charge is 2.23. The molecule has 69 heavy (non-hydrogen) atoms. The van der Waals surface area contributed by atoms with Crippen molar-refractivity contribution in [3.8, 4) is 0 Å². The number of aliphatic hydroxyl groups excluding tert-OH is 1. The largest absolute Gasteiger partial charge is 0.756 e. The van der Waals surface area contributed by atoms with E-state index in [-0.39, 0.29) is 12.5 Å². The van der Waals surface area contributed by atoms with Gasteiger partial charge in [-0.05, 0) is 77.0 Å². The Hall–Kier alpha value is -1.80. The number of rotatable bonds is 53. The van der Waals surface area contributed by atoms with E-state index < -0.39 is 26.6 Å². The predicted octanol–water partition coefficient (Wildman–Crippen LogP) is 17.1. The first-order valence-corrected chi connectivity index (χ1v) is 30.6. The number of unbranched alkanes of at least 4 members (excludes halogenated alkanes) is 32. The zero-order valence-electron chi connectivity index (χ0n) is 46.0. The Labute approximate surface area is 428 Å². The molecule has 1 amide bonds. The third-order valence-corrected chi connectivity index (χ3v) is 13.9. The van der Waals surface area contributed by atoms with E-state index in [9.17, 15) is 19.4 Å².